The molecule has 98 valence electrons. The Labute approximate surface area is 113 Å². The molecule has 0 aromatic heterocycles. The van der Waals surface area contributed by atoms with Crippen LogP contribution in [0.2, 0.25) is 5.02 Å². The molecule has 0 radical (unpaired) electrons. The number of amides is 1. The van der Waals surface area contributed by atoms with Crippen LogP contribution in [0.15, 0.2) is 24.3 Å². The lowest BCUT2D eigenvalue weighted by Gasteiger charge is -2.34. The highest BCUT2D eigenvalue weighted by Gasteiger charge is 2.19. The first kappa shape index (κ1) is 13.4. The molecule has 1 aliphatic heterocycles. The number of nitrogens with zero attached hydrogens (tertiary/aromatic N) is 2. The zero-order valence-electron chi connectivity index (χ0n) is 10.7. The molecule has 1 aromatic carbocycles. The molecule has 0 spiro atoms. The minimum absolute atomic E-state index is 0.261. The highest BCUT2D eigenvalue weighted by Crippen LogP contribution is 2.14. The summed E-state index contributed by atoms with van der Waals surface area (Å²) in [7, 11) is 0. The van der Waals surface area contributed by atoms with Gasteiger partial charge in [-0.05, 0) is 17.7 Å². The van der Waals surface area contributed by atoms with Gasteiger partial charge in [-0.15, -0.1) is 0 Å². The van der Waals surface area contributed by atoms with Gasteiger partial charge in [0.25, 0.3) is 0 Å². The first-order chi connectivity index (χ1) is 8.69. The first-order valence-corrected chi connectivity index (χ1v) is 6.81. The highest BCUT2D eigenvalue weighted by molar-refractivity contribution is 6.30. The third-order valence-electron chi connectivity index (χ3n) is 3.32. The lowest BCUT2D eigenvalue weighted by atomic mass is 10.2. The van der Waals surface area contributed by atoms with E-state index in [0.29, 0.717) is 6.42 Å². The van der Waals surface area contributed by atoms with Gasteiger partial charge < -0.3 is 4.90 Å². The van der Waals surface area contributed by atoms with E-state index in [1.807, 2.05) is 30.0 Å². The van der Waals surface area contributed by atoms with Gasteiger partial charge in [-0.2, -0.15) is 0 Å². The van der Waals surface area contributed by atoms with Crippen LogP contribution in [-0.2, 0) is 11.3 Å². The SMILES string of the molecule is CCC(=O)N1CCN(Cc2cccc(Cl)c2)CC1. The fraction of sp³-hybridized carbons (Fsp3) is 0.500. The van der Waals surface area contributed by atoms with Crippen molar-refractivity contribution in [2.45, 2.75) is 19.9 Å². The third-order valence-corrected chi connectivity index (χ3v) is 3.56. The Morgan fingerprint density at radius 2 is 2.00 bits per heavy atom. The van der Waals surface area contributed by atoms with Crippen molar-refractivity contribution < 1.29 is 4.79 Å². The molecule has 1 fully saturated rings. The van der Waals surface area contributed by atoms with Crippen molar-refractivity contribution >= 4 is 17.5 Å². The molecule has 1 amide bonds. The molecule has 0 N–H and O–H groups in total. The summed E-state index contributed by atoms with van der Waals surface area (Å²) in [4.78, 5) is 15.9. The van der Waals surface area contributed by atoms with E-state index in [1.54, 1.807) is 0 Å². The minimum atomic E-state index is 0.261. The van der Waals surface area contributed by atoms with Crippen LogP contribution in [0.3, 0.4) is 0 Å². The number of hydrogen-bond donors (Lipinski definition) is 0. The molecule has 2 rings (SSSR count). The number of hydrogen-bond acceptors (Lipinski definition) is 2. The van der Waals surface area contributed by atoms with Crippen LogP contribution in [-0.4, -0.2) is 41.9 Å². The molecule has 1 heterocycles. The second kappa shape index (κ2) is 6.21. The van der Waals surface area contributed by atoms with E-state index < -0.39 is 0 Å². The van der Waals surface area contributed by atoms with Crippen LogP contribution < -0.4 is 0 Å². The molecular weight excluding hydrogens is 248 g/mol. The van der Waals surface area contributed by atoms with Gasteiger partial charge in [0.1, 0.15) is 0 Å². The first-order valence-electron chi connectivity index (χ1n) is 6.43. The Hall–Kier alpha value is -1.06. The molecule has 1 saturated heterocycles. The summed E-state index contributed by atoms with van der Waals surface area (Å²) in [5.74, 6) is 0.261. The summed E-state index contributed by atoms with van der Waals surface area (Å²) in [6.45, 7) is 6.40. The largest absolute Gasteiger partial charge is 0.340 e. The van der Waals surface area contributed by atoms with Gasteiger partial charge in [0.2, 0.25) is 5.91 Å². The van der Waals surface area contributed by atoms with Crippen molar-refractivity contribution in [1.29, 1.82) is 0 Å². The molecule has 0 bridgehead atoms. The van der Waals surface area contributed by atoms with Crippen molar-refractivity contribution in [2.24, 2.45) is 0 Å². The zero-order chi connectivity index (χ0) is 13.0. The maximum Gasteiger partial charge on any atom is 0.222 e. The predicted octanol–water partition coefficient (Wildman–Crippen LogP) is 2.39. The maximum atomic E-state index is 11.6. The summed E-state index contributed by atoms with van der Waals surface area (Å²) >= 11 is 5.97. The molecule has 0 atom stereocenters. The Morgan fingerprint density at radius 3 is 2.61 bits per heavy atom. The Morgan fingerprint density at radius 1 is 1.28 bits per heavy atom. The Bertz CT molecular complexity index is 414. The summed E-state index contributed by atoms with van der Waals surface area (Å²) in [6, 6.07) is 7.97. The van der Waals surface area contributed by atoms with E-state index >= 15 is 0 Å². The molecule has 18 heavy (non-hydrogen) atoms. The standard InChI is InChI=1S/C14H19ClN2O/c1-2-14(18)17-8-6-16(7-9-17)11-12-4-3-5-13(15)10-12/h3-5,10H,2,6-9,11H2,1H3. The van der Waals surface area contributed by atoms with Gasteiger partial charge in [0.05, 0.1) is 0 Å². The second-order valence-corrected chi connectivity index (χ2v) is 5.08. The van der Waals surface area contributed by atoms with Crippen LogP contribution >= 0.6 is 11.6 Å². The fourth-order valence-corrected chi connectivity index (χ4v) is 2.49. The van der Waals surface area contributed by atoms with Crippen molar-refractivity contribution in [1.82, 2.24) is 9.80 Å². The van der Waals surface area contributed by atoms with E-state index in [4.69, 9.17) is 11.6 Å². The molecule has 4 heteroatoms. The molecule has 0 saturated carbocycles. The van der Waals surface area contributed by atoms with Gasteiger partial charge in [0.15, 0.2) is 0 Å². The Balaban J connectivity index is 1.85. The van der Waals surface area contributed by atoms with E-state index in [0.717, 1.165) is 37.7 Å². The quantitative estimate of drug-likeness (QED) is 0.839. The third kappa shape index (κ3) is 3.47. The van der Waals surface area contributed by atoms with Gasteiger partial charge in [-0.1, -0.05) is 30.7 Å². The van der Waals surface area contributed by atoms with Crippen molar-refractivity contribution in [3.05, 3.63) is 34.9 Å². The van der Waals surface area contributed by atoms with Crippen LogP contribution in [0.1, 0.15) is 18.9 Å². The second-order valence-electron chi connectivity index (χ2n) is 4.64. The van der Waals surface area contributed by atoms with Crippen LogP contribution in [0, 0.1) is 0 Å². The van der Waals surface area contributed by atoms with Crippen molar-refractivity contribution in [3.8, 4) is 0 Å². The average molecular weight is 267 g/mol. The number of benzene rings is 1. The molecule has 0 unspecified atom stereocenters. The number of carbonyl (C=O) groups is 1. The molecule has 1 aliphatic rings. The smallest absolute Gasteiger partial charge is 0.222 e. The van der Waals surface area contributed by atoms with Gasteiger partial charge in [-0.25, -0.2) is 0 Å². The maximum absolute atomic E-state index is 11.6. The normalized spacial score (nSPS) is 16.9. The number of halogens is 1. The minimum Gasteiger partial charge on any atom is -0.340 e. The lowest BCUT2D eigenvalue weighted by molar-refractivity contribution is -0.132. The summed E-state index contributed by atoms with van der Waals surface area (Å²) in [5, 5.41) is 0.785. The number of rotatable bonds is 3. The summed E-state index contributed by atoms with van der Waals surface area (Å²) < 4.78 is 0. The van der Waals surface area contributed by atoms with E-state index in [1.165, 1.54) is 5.56 Å². The average Bonchev–Trinajstić information content (AvgIpc) is 2.39. The molecule has 1 aromatic rings. The number of piperazine rings is 1. The van der Waals surface area contributed by atoms with E-state index in [9.17, 15) is 4.79 Å². The van der Waals surface area contributed by atoms with Crippen molar-refractivity contribution in [2.75, 3.05) is 26.2 Å². The highest BCUT2D eigenvalue weighted by atomic mass is 35.5. The summed E-state index contributed by atoms with van der Waals surface area (Å²) in [5.41, 5.74) is 1.23. The Kier molecular flexibility index (Phi) is 4.61. The molecule has 0 aliphatic carbocycles. The van der Waals surface area contributed by atoms with Crippen LogP contribution in [0.4, 0.5) is 0 Å². The van der Waals surface area contributed by atoms with Gasteiger partial charge in [-0.3, -0.25) is 9.69 Å². The van der Waals surface area contributed by atoms with Gasteiger partial charge >= 0.3 is 0 Å². The van der Waals surface area contributed by atoms with E-state index in [-0.39, 0.29) is 5.91 Å². The van der Waals surface area contributed by atoms with Crippen LogP contribution in [0.5, 0.6) is 0 Å². The van der Waals surface area contributed by atoms with Gasteiger partial charge in [0, 0.05) is 44.2 Å². The predicted molar refractivity (Wildman–Crippen MR) is 73.6 cm³/mol. The molecular formula is C14H19ClN2O. The number of carbonyl (C=O) groups excluding carboxylic acids is 1. The van der Waals surface area contributed by atoms with E-state index in [2.05, 4.69) is 11.0 Å². The van der Waals surface area contributed by atoms with Crippen LogP contribution in [0.25, 0.3) is 0 Å². The zero-order valence-corrected chi connectivity index (χ0v) is 11.5. The fourth-order valence-electron chi connectivity index (χ4n) is 2.27. The lowest BCUT2D eigenvalue weighted by Crippen LogP contribution is -2.48. The topological polar surface area (TPSA) is 23.6 Å². The van der Waals surface area contributed by atoms with Crippen molar-refractivity contribution in [3.63, 3.8) is 0 Å². The monoisotopic (exact) mass is 266 g/mol. The molecule has 3 nitrogen and oxygen atoms in total. The summed E-state index contributed by atoms with van der Waals surface area (Å²) in [6.07, 6.45) is 0.605.